The number of piperidine rings is 1. The summed E-state index contributed by atoms with van der Waals surface area (Å²) in [5.41, 5.74) is 0. The van der Waals surface area contributed by atoms with E-state index in [1.807, 2.05) is 0 Å². The summed E-state index contributed by atoms with van der Waals surface area (Å²) in [5.74, 6) is 1.03. The summed E-state index contributed by atoms with van der Waals surface area (Å²) in [6.07, 6.45) is 12.8. The van der Waals surface area contributed by atoms with Crippen LogP contribution in [0.1, 0.15) is 64.7 Å². The Morgan fingerprint density at radius 3 is 2.59 bits per heavy atom. The second-order valence-corrected chi connectivity index (χ2v) is 6.18. The fourth-order valence-corrected chi connectivity index (χ4v) is 3.47. The monoisotopic (exact) mass is 238 g/mol. The molecule has 0 spiro atoms. The Morgan fingerprint density at radius 1 is 1.12 bits per heavy atom. The van der Waals surface area contributed by atoms with Gasteiger partial charge in [-0.25, -0.2) is 0 Å². The van der Waals surface area contributed by atoms with E-state index < -0.39 is 0 Å². The molecule has 2 nitrogen and oxygen atoms in total. The van der Waals surface area contributed by atoms with E-state index in [4.69, 9.17) is 0 Å². The van der Waals surface area contributed by atoms with Gasteiger partial charge in [-0.2, -0.15) is 0 Å². The van der Waals surface area contributed by atoms with Crippen molar-refractivity contribution in [1.29, 1.82) is 0 Å². The van der Waals surface area contributed by atoms with Crippen LogP contribution >= 0.6 is 0 Å². The second kappa shape index (κ2) is 7.38. The van der Waals surface area contributed by atoms with Crippen LogP contribution in [0.3, 0.4) is 0 Å². The van der Waals surface area contributed by atoms with Gasteiger partial charge in [0.1, 0.15) is 0 Å². The lowest BCUT2D eigenvalue weighted by Gasteiger charge is -2.26. The Labute approximate surface area is 107 Å². The van der Waals surface area contributed by atoms with Crippen LogP contribution in [0.25, 0.3) is 0 Å². The van der Waals surface area contributed by atoms with E-state index in [1.165, 1.54) is 70.9 Å². The molecular weight excluding hydrogens is 208 g/mol. The maximum atomic E-state index is 3.72. The quantitative estimate of drug-likeness (QED) is 0.743. The highest BCUT2D eigenvalue weighted by Crippen LogP contribution is 2.26. The molecule has 2 fully saturated rings. The van der Waals surface area contributed by atoms with E-state index in [1.54, 1.807) is 0 Å². The van der Waals surface area contributed by atoms with Crippen molar-refractivity contribution < 1.29 is 0 Å². The van der Waals surface area contributed by atoms with Crippen molar-refractivity contribution in [2.24, 2.45) is 5.92 Å². The molecule has 0 aromatic heterocycles. The summed E-state index contributed by atoms with van der Waals surface area (Å²) >= 11 is 0. The van der Waals surface area contributed by atoms with Gasteiger partial charge < -0.3 is 10.6 Å². The molecule has 1 aliphatic carbocycles. The largest absolute Gasteiger partial charge is 0.314 e. The number of hydrogen-bond donors (Lipinski definition) is 2. The van der Waals surface area contributed by atoms with Crippen molar-refractivity contribution >= 4 is 0 Å². The van der Waals surface area contributed by atoms with Crippen LogP contribution in [0.15, 0.2) is 0 Å². The predicted molar refractivity (Wildman–Crippen MR) is 74.3 cm³/mol. The number of rotatable bonds is 6. The molecule has 1 saturated heterocycles. The van der Waals surface area contributed by atoms with Gasteiger partial charge in [0.25, 0.3) is 0 Å². The normalized spacial score (nSPS) is 28.4. The van der Waals surface area contributed by atoms with Crippen LogP contribution in [0, 0.1) is 5.92 Å². The first kappa shape index (κ1) is 13.4. The van der Waals surface area contributed by atoms with Gasteiger partial charge in [0.05, 0.1) is 0 Å². The first-order chi connectivity index (χ1) is 8.34. The Balaban J connectivity index is 1.52. The maximum absolute atomic E-state index is 3.72. The third-order valence-corrected chi connectivity index (χ3v) is 4.57. The SMILES string of the molecule is CC(CC1CCCCN1)NCCC1CCCC1. The maximum Gasteiger partial charge on any atom is 0.00817 e. The smallest absolute Gasteiger partial charge is 0.00817 e. The van der Waals surface area contributed by atoms with Gasteiger partial charge in [-0.05, 0) is 51.6 Å². The van der Waals surface area contributed by atoms with Crippen LogP contribution < -0.4 is 10.6 Å². The highest BCUT2D eigenvalue weighted by Gasteiger charge is 2.17. The number of nitrogens with one attached hydrogen (secondary N) is 2. The van der Waals surface area contributed by atoms with E-state index in [0.29, 0.717) is 6.04 Å². The standard InChI is InChI=1S/C15H30N2/c1-13(12-15-8-4-5-10-17-15)16-11-9-14-6-2-3-7-14/h13-17H,2-12H2,1H3. The molecule has 0 radical (unpaired) electrons. The van der Waals surface area contributed by atoms with E-state index in [-0.39, 0.29) is 0 Å². The first-order valence-corrected chi connectivity index (χ1v) is 7.81. The van der Waals surface area contributed by atoms with E-state index in [9.17, 15) is 0 Å². The molecule has 2 atom stereocenters. The Kier molecular flexibility index (Phi) is 5.79. The van der Waals surface area contributed by atoms with Crippen LogP contribution in [0.5, 0.6) is 0 Å². The predicted octanol–water partition coefficient (Wildman–Crippen LogP) is 3.08. The Bertz CT molecular complexity index is 193. The van der Waals surface area contributed by atoms with Gasteiger partial charge in [0, 0.05) is 12.1 Å². The summed E-state index contributed by atoms with van der Waals surface area (Å²) in [5, 5.41) is 7.36. The average molecular weight is 238 g/mol. The summed E-state index contributed by atoms with van der Waals surface area (Å²) in [6, 6.07) is 1.46. The van der Waals surface area contributed by atoms with Crippen molar-refractivity contribution in [1.82, 2.24) is 10.6 Å². The zero-order valence-corrected chi connectivity index (χ0v) is 11.5. The van der Waals surface area contributed by atoms with Crippen LogP contribution in [0.4, 0.5) is 0 Å². The lowest BCUT2D eigenvalue weighted by atomic mass is 9.98. The summed E-state index contributed by atoms with van der Waals surface area (Å²) < 4.78 is 0. The number of hydrogen-bond acceptors (Lipinski definition) is 2. The van der Waals surface area contributed by atoms with Gasteiger partial charge in [0.15, 0.2) is 0 Å². The van der Waals surface area contributed by atoms with E-state index in [2.05, 4.69) is 17.6 Å². The fraction of sp³-hybridized carbons (Fsp3) is 1.00. The third-order valence-electron chi connectivity index (χ3n) is 4.57. The van der Waals surface area contributed by atoms with Crippen molar-refractivity contribution in [3.63, 3.8) is 0 Å². The molecule has 2 rings (SSSR count). The van der Waals surface area contributed by atoms with Crippen molar-refractivity contribution in [2.75, 3.05) is 13.1 Å². The van der Waals surface area contributed by atoms with Gasteiger partial charge in [-0.3, -0.25) is 0 Å². The molecule has 2 aliphatic rings. The summed E-state index contributed by atoms with van der Waals surface area (Å²) in [6.45, 7) is 4.82. The minimum atomic E-state index is 0.687. The van der Waals surface area contributed by atoms with Crippen molar-refractivity contribution in [3.05, 3.63) is 0 Å². The Morgan fingerprint density at radius 2 is 1.88 bits per heavy atom. The van der Waals surface area contributed by atoms with Gasteiger partial charge >= 0.3 is 0 Å². The molecule has 2 unspecified atom stereocenters. The highest BCUT2D eigenvalue weighted by atomic mass is 15.0. The first-order valence-electron chi connectivity index (χ1n) is 7.81. The molecule has 0 bridgehead atoms. The molecule has 17 heavy (non-hydrogen) atoms. The van der Waals surface area contributed by atoms with E-state index in [0.717, 1.165) is 12.0 Å². The Hall–Kier alpha value is -0.0800. The van der Waals surface area contributed by atoms with Crippen molar-refractivity contribution in [3.8, 4) is 0 Å². The van der Waals surface area contributed by atoms with Crippen molar-refractivity contribution in [2.45, 2.75) is 76.8 Å². The second-order valence-electron chi connectivity index (χ2n) is 6.18. The topological polar surface area (TPSA) is 24.1 Å². The van der Waals surface area contributed by atoms with E-state index >= 15 is 0 Å². The third kappa shape index (κ3) is 4.97. The van der Waals surface area contributed by atoms with Crippen LogP contribution in [-0.4, -0.2) is 25.2 Å². The average Bonchev–Trinajstić information content (AvgIpc) is 2.83. The zero-order chi connectivity index (χ0) is 11.9. The summed E-state index contributed by atoms with van der Waals surface area (Å²) in [7, 11) is 0. The highest BCUT2D eigenvalue weighted by molar-refractivity contribution is 4.77. The molecule has 2 N–H and O–H groups in total. The molecule has 2 heteroatoms. The molecular formula is C15H30N2. The zero-order valence-electron chi connectivity index (χ0n) is 11.5. The molecule has 1 heterocycles. The van der Waals surface area contributed by atoms with Gasteiger partial charge in [-0.1, -0.05) is 32.1 Å². The minimum absolute atomic E-state index is 0.687. The molecule has 0 aromatic rings. The lowest BCUT2D eigenvalue weighted by molar-refractivity contribution is 0.339. The minimum Gasteiger partial charge on any atom is -0.314 e. The fourth-order valence-electron chi connectivity index (χ4n) is 3.47. The van der Waals surface area contributed by atoms with Gasteiger partial charge in [0.2, 0.25) is 0 Å². The summed E-state index contributed by atoms with van der Waals surface area (Å²) in [4.78, 5) is 0. The molecule has 100 valence electrons. The molecule has 1 aliphatic heterocycles. The van der Waals surface area contributed by atoms with Gasteiger partial charge in [-0.15, -0.1) is 0 Å². The molecule has 0 amide bonds. The lowest BCUT2D eigenvalue weighted by Crippen LogP contribution is -2.40. The van der Waals surface area contributed by atoms with Crippen LogP contribution in [-0.2, 0) is 0 Å². The molecule has 1 saturated carbocycles. The molecule has 0 aromatic carbocycles. The van der Waals surface area contributed by atoms with Crippen LogP contribution in [0.2, 0.25) is 0 Å².